The van der Waals surface area contributed by atoms with Gasteiger partial charge in [0.2, 0.25) is 10.0 Å². The van der Waals surface area contributed by atoms with E-state index < -0.39 is 30.9 Å². The minimum absolute atomic E-state index is 0.0270. The third-order valence-corrected chi connectivity index (χ3v) is 6.94. The van der Waals surface area contributed by atoms with Gasteiger partial charge in [0.1, 0.15) is 16.5 Å². The summed E-state index contributed by atoms with van der Waals surface area (Å²) in [5.41, 5.74) is 0. The number of ether oxygens (including phenoxy) is 1. The Hall–Kier alpha value is -1.19. The van der Waals surface area contributed by atoms with Crippen LogP contribution >= 0.6 is 0 Å². The first-order chi connectivity index (χ1) is 9.66. The van der Waals surface area contributed by atoms with Crippen LogP contribution in [0.3, 0.4) is 0 Å². The van der Waals surface area contributed by atoms with E-state index in [-0.39, 0.29) is 30.2 Å². The van der Waals surface area contributed by atoms with Gasteiger partial charge in [0.05, 0.1) is 12.4 Å². The first-order valence-corrected chi connectivity index (χ1v) is 9.58. The van der Waals surface area contributed by atoms with Crippen molar-refractivity contribution >= 4 is 19.9 Å². The lowest BCUT2D eigenvalue weighted by molar-refractivity contribution is 0.396. The molecule has 2 rings (SSSR count). The average molecular weight is 337 g/mol. The van der Waals surface area contributed by atoms with E-state index in [1.165, 1.54) is 13.2 Å². The lowest BCUT2D eigenvalue weighted by Gasteiger charge is -2.18. The number of rotatable bonds is 4. The van der Waals surface area contributed by atoms with E-state index in [9.17, 15) is 21.2 Å². The highest BCUT2D eigenvalue weighted by atomic mass is 32.2. The van der Waals surface area contributed by atoms with Gasteiger partial charge in [0, 0.05) is 19.3 Å². The molecule has 0 radical (unpaired) electrons. The first-order valence-electron chi connectivity index (χ1n) is 6.19. The zero-order valence-corrected chi connectivity index (χ0v) is 13.2. The summed E-state index contributed by atoms with van der Waals surface area (Å²) >= 11 is 0. The maximum atomic E-state index is 13.3. The zero-order chi connectivity index (χ0) is 15.8. The van der Waals surface area contributed by atoms with Crippen molar-refractivity contribution in [2.75, 3.05) is 26.5 Å². The Morgan fingerprint density at radius 1 is 1.29 bits per heavy atom. The number of halogens is 1. The fourth-order valence-corrected chi connectivity index (χ4v) is 5.00. The van der Waals surface area contributed by atoms with Gasteiger partial charge in [-0.2, -0.15) is 4.31 Å². The standard InChI is InChI=1S/C12H16FNO5S2/c1-19-11-4-3-9(13)7-12(11)21(17,18)14-6-5-10(8-14)20(2,15)16/h3-4,7,10H,5-6,8H2,1-2H3. The summed E-state index contributed by atoms with van der Waals surface area (Å²) in [6.45, 7) is -0.0411. The van der Waals surface area contributed by atoms with Crippen molar-refractivity contribution in [2.45, 2.75) is 16.6 Å². The largest absolute Gasteiger partial charge is 0.495 e. The number of methoxy groups -OCH3 is 1. The van der Waals surface area contributed by atoms with Crippen molar-refractivity contribution in [2.24, 2.45) is 0 Å². The molecule has 0 N–H and O–H groups in total. The van der Waals surface area contributed by atoms with Crippen molar-refractivity contribution < 1.29 is 26.0 Å². The maximum Gasteiger partial charge on any atom is 0.246 e. The van der Waals surface area contributed by atoms with Crippen LogP contribution in [0, 0.1) is 5.82 Å². The molecule has 6 nitrogen and oxygen atoms in total. The minimum Gasteiger partial charge on any atom is -0.495 e. The number of hydrogen-bond acceptors (Lipinski definition) is 5. The molecule has 1 atom stereocenters. The molecule has 0 saturated carbocycles. The van der Waals surface area contributed by atoms with Crippen LogP contribution in [0.25, 0.3) is 0 Å². The van der Waals surface area contributed by atoms with E-state index in [2.05, 4.69) is 0 Å². The van der Waals surface area contributed by atoms with Crippen molar-refractivity contribution in [1.29, 1.82) is 0 Å². The summed E-state index contributed by atoms with van der Waals surface area (Å²) in [5.74, 6) is -0.674. The monoisotopic (exact) mass is 337 g/mol. The van der Waals surface area contributed by atoms with Crippen molar-refractivity contribution in [3.05, 3.63) is 24.0 Å². The van der Waals surface area contributed by atoms with E-state index in [4.69, 9.17) is 4.74 Å². The molecule has 1 aromatic carbocycles. The fourth-order valence-electron chi connectivity index (χ4n) is 2.26. The summed E-state index contributed by atoms with van der Waals surface area (Å²) in [6.07, 6.45) is 1.31. The molecular weight excluding hydrogens is 321 g/mol. The molecule has 0 aliphatic carbocycles. The highest BCUT2D eigenvalue weighted by Gasteiger charge is 2.38. The predicted molar refractivity (Wildman–Crippen MR) is 75.0 cm³/mol. The maximum absolute atomic E-state index is 13.3. The van der Waals surface area contributed by atoms with Crippen LogP contribution < -0.4 is 4.74 Å². The number of sulfone groups is 1. The van der Waals surface area contributed by atoms with Crippen LogP contribution in [0.1, 0.15) is 6.42 Å². The Morgan fingerprint density at radius 3 is 2.48 bits per heavy atom. The van der Waals surface area contributed by atoms with Crippen molar-refractivity contribution in [1.82, 2.24) is 4.31 Å². The molecule has 21 heavy (non-hydrogen) atoms. The van der Waals surface area contributed by atoms with E-state index in [1.807, 2.05) is 0 Å². The summed E-state index contributed by atoms with van der Waals surface area (Å²) < 4.78 is 67.4. The van der Waals surface area contributed by atoms with Crippen molar-refractivity contribution in [3.63, 3.8) is 0 Å². The third-order valence-electron chi connectivity index (χ3n) is 3.46. The Kier molecular flexibility index (Phi) is 4.27. The molecule has 1 aliphatic rings. The number of hydrogen-bond donors (Lipinski definition) is 0. The molecule has 0 amide bonds. The molecule has 1 unspecified atom stereocenters. The highest BCUT2D eigenvalue weighted by molar-refractivity contribution is 7.91. The number of sulfonamides is 1. The van der Waals surface area contributed by atoms with Crippen LogP contribution in [0.5, 0.6) is 5.75 Å². The average Bonchev–Trinajstić information content (AvgIpc) is 2.88. The van der Waals surface area contributed by atoms with Gasteiger partial charge >= 0.3 is 0 Å². The smallest absolute Gasteiger partial charge is 0.246 e. The van der Waals surface area contributed by atoms with Crippen LogP contribution in [-0.4, -0.2) is 52.8 Å². The second-order valence-corrected chi connectivity index (χ2v) is 9.13. The molecule has 1 fully saturated rings. The molecule has 118 valence electrons. The van der Waals surface area contributed by atoms with Gasteiger partial charge in [0.25, 0.3) is 0 Å². The van der Waals surface area contributed by atoms with Crippen molar-refractivity contribution in [3.8, 4) is 5.75 Å². The summed E-state index contributed by atoms with van der Waals surface area (Å²) in [6, 6.07) is 3.20. The summed E-state index contributed by atoms with van der Waals surface area (Å²) in [5, 5.41) is -0.730. The van der Waals surface area contributed by atoms with Crippen LogP contribution in [-0.2, 0) is 19.9 Å². The first kappa shape index (κ1) is 16.2. The third kappa shape index (κ3) is 3.19. The Bertz CT molecular complexity index is 745. The van der Waals surface area contributed by atoms with Gasteiger partial charge in [-0.05, 0) is 24.6 Å². The van der Waals surface area contributed by atoms with Gasteiger partial charge < -0.3 is 4.74 Å². The minimum atomic E-state index is -3.99. The molecule has 0 bridgehead atoms. The molecule has 0 aromatic heterocycles. The van der Waals surface area contributed by atoms with Crippen LogP contribution in [0.2, 0.25) is 0 Å². The highest BCUT2D eigenvalue weighted by Crippen LogP contribution is 2.30. The topological polar surface area (TPSA) is 80.8 Å². The summed E-state index contributed by atoms with van der Waals surface area (Å²) in [4.78, 5) is -0.292. The van der Waals surface area contributed by atoms with Gasteiger partial charge in [-0.3, -0.25) is 0 Å². The molecule has 9 heteroatoms. The number of nitrogens with zero attached hydrogens (tertiary/aromatic N) is 1. The molecule has 0 spiro atoms. The van der Waals surface area contributed by atoms with Gasteiger partial charge in [0.15, 0.2) is 9.84 Å². The quantitative estimate of drug-likeness (QED) is 0.805. The van der Waals surface area contributed by atoms with Crippen LogP contribution in [0.4, 0.5) is 4.39 Å². The summed E-state index contributed by atoms with van der Waals surface area (Å²) in [7, 11) is -6.02. The van der Waals surface area contributed by atoms with E-state index in [1.54, 1.807) is 0 Å². The van der Waals surface area contributed by atoms with Gasteiger partial charge in [-0.1, -0.05) is 0 Å². The van der Waals surface area contributed by atoms with Gasteiger partial charge in [-0.15, -0.1) is 0 Å². The molecular formula is C12H16FNO5S2. The fraction of sp³-hybridized carbons (Fsp3) is 0.500. The van der Waals surface area contributed by atoms with E-state index in [0.717, 1.165) is 22.7 Å². The van der Waals surface area contributed by atoms with E-state index >= 15 is 0 Å². The SMILES string of the molecule is COc1ccc(F)cc1S(=O)(=O)N1CCC(S(C)(=O)=O)C1. The zero-order valence-electron chi connectivity index (χ0n) is 11.6. The van der Waals surface area contributed by atoms with Gasteiger partial charge in [-0.25, -0.2) is 21.2 Å². The second-order valence-electron chi connectivity index (χ2n) is 4.90. The van der Waals surface area contributed by atoms with Crippen LogP contribution in [0.15, 0.2) is 23.1 Å². The molecule has 1 heterocycles. The lowest BCUT2D eigenvalue weighted by Crippen LogP contribution is -2.32. The lowest BCUT2D eigenvalue weighted by atomic mass is 10.3. The number of benzene rings is 1. The van der Waals surface area contributed by atoms with E-state index in [0.29, 0.717) is 0 Å². The Balaban J connectivity index is 2.38. The Morgan fingerprint density at radius 2 is 1.95 bits per heavy atom. The normalized spacial score (nSPS) is 20.6. The Labute approximate surface area is 123 Å². The molecule has 1 aromatic rings. The molecule has 1 aliphatic heterocycles. The second kappa shape index (κ2) is 5.54. The molecule has 1 saturated heterocycles. The predicted octanol–water partition coefficient (Wildman–Crippen LogP) is 0.642.